The van der Waals surface area contributed by atoms with E-state index < -0.39 is 21.8 Å². The zero-order valence-corrected chi connectivity index (χ0v) is 24.9. The molecule has 2 saturated heterocycles. The van der Waals surface area contributed by atoms with Crippen LogP contribution < -0.4 is 5.32 Å². The molecular weight excluding hydrogens is 569 g/mol. The number of benzene rings is 1. The number of alkyl halides is 3. The van der Waals surface area contributed by atoms with E-state index in [0.717, 1.165) is 50.2 Å². The maximum atomic E-state index is 14.0. The van der Waals surface area contributed by atoms with Crippen molar-refractivity contribution in [3.8, 4) is 16.9 Å². The first-order chi connectivity index (χ1) is 19.9. The van der Waals surface area contributed by atoms with E-state index in [2.05, 4.69) is 43.3 Å². The summed E-state index contributed by atoms with van der Waals surface area (Å²) in [5.41, 5.74) is 1.93. The van der Waals surface area contributed by atoms with Crippen molar-refractivity contribution in [2.45, 2.75) is 45.5 Å². The first kappa shape index (κ1) is 30.4. The summed E-state index contributed by atoms with van der Waals surface area (Å²) in [5, 5.41) is 7.48. The normalized spacial score (nSPS) is 18.4. The minimum absolute atomic E-state index is 0.0322. The Morgan fingerprint density at radius 3 is 2.40 bits per heavy atom. The van der Waals surface area contributed by atoms with E-state index in [-0.39, 0.29) is 29.0 Å². The van der Waals surface area contributed by atoms with Crippen molar-refractivity contribution in [1.82, 2.24) is 33.9 Å². The van der Waals surface area contributed by atoms with Crippen LogP contribution in [0.1, 0.15) is 36.5 Å². The zero-order chi connectivity index (χ0) is 30.1. The van der Waals surface area contributed by atoms with Crippen LogP contribution in [0.5, 0.6) is 0 Å². The van der Waals surface area contributed by atoms with Crippen LogP contribution in [0.15, 0.2) is 36.8 Å². The highest BCUT2D eigenvalue weighted by atomic mass is 32.2. The molecule has 0 aliphatic carbocycles. The quantitative estimate of drug-likeness (QED) is 0.415. The third kappa shape index (κ3) is 6.93. The van der Waals surface area contributed by atoms with Gasteiger partial charge in [0.1, 0.15) is 5.56 Å². The van der Waals surface area contributed by atoms with Gasteiger partial charge in [0.25, 0.3) is 0 Å². The Hall–Kier alpha value is -3.07. The Kier molecular flexibility index (Phi) is 8.88. The van der Waals surface area contributed by atoms with Crippen molar-refractivity contribution in [1.29, 1.82) is 0 Å². The molecule has 5 rings (SSSR count). The van der Waals surface area contributed by atoms with E-state index in [4.69, 9.17) is 0 Å². The second kappa shape index (κ2) is 12.3. The van der Waals surface area contributed by atoms with Gasteiger partial charge in [-0.3, -0.25) is 4.90 Å². The number of nitrogens with one attached hydrogen (secondary N) is 1. The van der Waals surface area contributed by atoms with Gasteiger partial charge >= 0.3 is 6.18 Å². The van der Waals surface area contributed by atoms with Gasteiger partial charge in [-0.05, 0) is 50.9 Å². The molecule has 0 atom stereocenters. The van der Waals surface area contributed by atoms with E-state index in [1.807, 2.05) is 19.1 Å². The third-order valence-electron chi connectivity index (χ3n) is 8.01. The molecule has 0 amide bonds. The van der Waals surface area contributed by atoms with E-state index in [9.17, 15) is 21.6 Å². The van der Waals surface area contributed by atoms with Crippen LogP contribution in [0.3, 0.4) is 0 Å². The Balaban J connectivity index is 1.33. The largest absolute Gasteiger partial charge is 0.419 e. The maximum Gasteiger partial charge on any atom is 0.419 e. The predicted molar refractivity (Wildman–Crippen MR) is 155 cm³/mol. The van der Waals surface area contributed by atoms with Gasteiger partial charge in [0.15, 0.2) is 0 Å². The number of sulfonamides is 1. The summed E-state index contributed by atoms with van der Waals surface area (Å²) in [4.78, 5) is 12.9. The van der Waals surface area contributed by atoms with Crippen LogP contribution >= 0.6 is 0 Å². The number of likely N-dealkylation sites (N-methyl/N-ethyl adjacent to an activating group) is 1. The van der Waals surface area contributed by atoms with Gasteiger partial charge in [-0.1, -0.05) is 12.1 Å². The van der Waals surface area contributed by atoms with Crippen LogP contribution in [0.2, 0.25) is 0 Å². The number of anilines is 1. The molecule has 2 aliphatic rings. The lowest BCUT2D eigenvalue weighted by Gasteiger charge is -2.32. The average Bonchev–Trinajstić information content (AvgIpc) is 3.44. The van der Waals surface area contributed by atoms with Crippen LogP contribution in [-0.2, 0) is 22.7 Å². The van der Waals surface area contributed by atoms with Gasteiger partial charge in [-0.2, -0.15) is 18.3 Å². The molecule has 4 heterocycles. The molecule has 3 aromatic rings. The number of piperazine rings is 1. The van der Waals surface area contributed by atoms with Crippen LogP contribution in [0.4, 0.5) is 19.1 Å². The van der Waals surface area contributed by atoms with Crippen LogP contribution in [0, 0.1) is 6.92 Å². The maximum absolute atomic E-state index is 14.0. The number of piperidine rings is 1. The summed E-state index contributed by atoms with van der Waals surface area (Å²) in [5.74, 6) is 0.0942. The average molecular weight is 607 g/mol. The Morgan fingerprint density at radius 2 is 1.76 bits per heavy atom. The van der Waals surface area contributed by atoms with Crippen LogP contribution in [0.25, 0.3) is 16.9 Å². The molecule has 2 aliphatic heterocycles. The molecule has 42 heavy (non-hydrogen) atoms. The fourth-order valence-electron chi connectivity index (χ4n) is 5.44. The molecule has 10 nitrogen and oxygen atoms in total. The second-order valence-electron chi connectivity index (χ2n) is 11.0. The minimum atomic E-state index is -4.66. The van der Waals surface area contributed by atoms with Crippen molar-refractivity contribution in [2.24, 2.45) is 0 Å². The molecule has 14 heteroatoms. The zero-order valence-electron chi connectivity index (χ0n) is 24.1. The molecular formula is C28H37F3N8O2S. The summed E-state index contributed by atoms with van der Waals surface area (Å²) >= 11 is 0. The summed E-state index contributed by atoms with van der Waals surface area (Å²) in [7, 11) is -1.16. The SMILES string of the molecule is CCS(=O)(=O)N1CCC(Nc2ncc(C(F)(F)F)c(-c3cnn(-c4ccc(CN5CCN(C)CC5)cc4C)c3)n2)CC1. The fraction of sp³-hybridized carbons (Fsp3) is 0.536. The monoisotopic (exact) mass is 606 g/mol. The number of halogens is 3. The molecule has 2 aromatic heterocycles. The smallest absolute Gasteiger partial charge is 0.351 e. The molecule has 2 fully saturated rings. The first-order valence-corrected chi connectivity index (χ1v) is 15.8. The molecule has 0 saturated carbocycles. The summed E-state index contributed by atoms with van der Waals surface area (Å²) in [6.07, 6.45) is 0.0700. The van der Waals surface area contributed by atoms with E-state index in [1.165, 1.54) is 16.1 Å². The fourth-order valence-corrected chi connectivity index (χ4v) is 6.57. The number of hydrogen-bond acceptors (Lipinski definition) is 8. The number of rotatable bonds is 8. The van der Waals surface area contributed by atoms with E-state index >= 15 is 0 Å². The molecule has 0 spiro atoms. The van der Waals surface area contributed by atoms with E-state index in [0.29, 0.717) is 25.9 Å². The highest BCUT2D eigenvalue weighted by Gasteiger charge is 2.36. The molecule has 0 radical (unpaired) electrons. The number of nitrogens with zero attached hydrogens (tertiary/aromatic N) is 7. The molecule has 228 valence electrons. The van der Waals surface area contributed by atoms with Gasteiger partial charge in [-0.15, -0.1) is 0 Å². The Bertz CT molecular complexity index is 1500. The molecule has 1 N–H and O–H groups in total. The highest BCUT2D eigenvalue weighted by Crippen LogP contribution is 2.36. The number of aromatic nitrogens is 4. The summed E-state index contributed by atoms with van der Waals surface area (Å²) < 4.78 is 69.2. The van der Waals surface area contributed by atoms with Crippen molar-refractivity contribution in [2.75, 3.05) is 57.4 Å². The number of aryl methyl sites for hydroxylation is 1. The number of hydrogen-bond donors (Lipinski definition) is 1. The van der Waals surface area contributed by atoms with Crippen molar-refractivity contribution in [3.05, 3.63) is 53.5 Å². The third-order valence-corrected chi connectivity index (χ3v) is 9.89. The van der Waals surface area contributed by atoms with Gasteiger partial charge in [0, 0.05) is 69.8 Å². The molecule has 0 unspecified atom stereocenters. The van der Waals surface area contributed by atoms with Gasteiger partial charge in [-0.25, -0.2) is 27.4 Å². The lowest BCUT2D eigenvalue weighted by Crippen LogP contribution is -2.43. The van der Waals surface area contributed by atoms with Gasteiger partial charge in [0.2, 0.25) is 16.0 Å². The van der Waals surface area contributed by atoms with Crippen molar-refractivity contribution in [3.63, 3.8) is 0 Å². The van der Waals surface area contributed by atoms with Crippen molar-refractivity contribution < 1.29 is 21.6 Å². The summed E-state index contributed by atoms with van der Waals surface area (Å²) in [6.45, 7) is 9.18. The van der Waals surface area contributed by atoms with E-state index in [1.54, 1.807) is 17.8 Å². The summed E-state index contributed by atoms with van der Waals surface area (Å²) in [6, 6.07) is 5.92. The second-order valence-corrected chi connectivity index (χ2v) is 13.3. The van der Waals surface area contributed by atoms with Crippen molar-refractivity contribution >= 4 is 16.0 Å². The lowest BCUT2D eigenvalue weighted by atomic mass is 10.1. The lowest BCUT2D eigenvalue weighted by molar-refractivity contribution is -0.137. The topological polar surface area (TPSA) is 99.5 Å². The Morgan fingerprint density at radius 1 is 1.05 bits per heavy atom. The Labute approximate surface area is 244 Å². The molecule has 1 aromatic carbocycles. The van der Waals surface area contributed by atoms with Gasteiger partial charge < -0.3 is 10.2 Å². The predicted octanol–water partition coefficient (Wildman–Crippen LogP) is 3.63. The minimum Gasteiger partial charge on any atom is -0.351 e. The van der Waals surface area contributed by atoms with Crippen LogP contribution in [-0.4, -0.2) is 100 Å². The highest BCUT2D eigenvalue weighted by molar-refractivity contribution is 7.89. The standard InChI is InChI=1S/C28H37F3N8O2S/c1-4-42(40,41)38-9-7-23(8-10-38)34-27-32-17-24(28(29,30)31)26(35-27)22-16-33-39(19-22)25-6-5-21(15-20(25)2)18-37-13-11-36(3)12-14-37/h5-6,15-17,19,23H,4,7-14,18H2,1-3H3,(H,32,34,35). The first-order valence-electron chi connectivity index (χ1n) is 14.2. The molecule has 0 bridgehead atoms. The van der Waals surface area contributed by atoms with Gasteiger partial charge in [0.05, 0.1) is 23.3 Å².